The summed E-state index contributed by atoms with van der Waals surface area (Å²) in [6.07, 6.45) is 3.24. The van der Waals surface area contributed by atoms with Gasteiger partial charge in [-0.1, -0.05) is 6.07 Å². The van der Waals surface area contributed by atoms with Crippen LogP contribution in [0.3, 0.4) is 0 Å². The van der Waals surface area contributed by atoms with Gasteiger partial charge in [0.25, 0.3) is 0 Å². The fraction of sp³-hybridized carbons (Fsp3) is 0.143. The summed E-state index contributed by atoms with van der Waals surface area (Å²) in [6.45, 7) is 4.02. The zero-order chi connectivity index (χ0) is 12.7. The molecule has 90 valence electrons. The van der Waals surface area contributed by atoms with Gasteiger partial charge >= 0.3 is 0 Å². The third-order valence-electron chi connectivity index (χ3n) is 2.98. The first-order valence-electron chi connectivity index (χ1n) is 5.72. The van der Waals surface area contributed by atoms with E-state index in [0.717, 1.165) is 17.0 Å². The number of halogens is 1. The lowest BCUT2D eigenvalue weighted by molar-refractivity contribution is 0.622. The van der Waals surface area contributed by atoms with Crippen molar-refractivity contribution < 1.29 is 4.39 Å². The minimum atomic E-state index is -0.337. The third kappa shape index (κ3) is 1.66. The lowest BCUT2D eigenvalue weighted by Crippen LogP contribution is -1.90. The number of hydrogen-bond donors (Lipinski definition) is 0. The van der Waals surface area contributed by atoms with Crippen LogP contribution in [0.4, 0.5) is 4.39 Å². The van der Waals surface area contributed by atoms with Crippen LogP contribution in [0.1, 0.15) is 11.3 Å². The van der Waals surface area contributed by atoms with Crippen LogP contribution in [0, 0.1) is 19.7 Å². The topological polar surface area (TPSA) is 30.2 Å². The van der Waals surface area contributed by atoms with Crippen molar-refractivity contribution in [2.75, 3.05) is 0 Å². The van der Waals surface area contributed by atoms with Crippen molar-refractivity contribution in [2.24, 2.45) is 0 Å². The van der Waals surface area contributed by atoms with E-state index in [2.05, 4.69) is 9.97 Å². The highest BCUT2D eigenvalue weighted by molar-refractivity contribution is 5.63. The van der Waals surface area contributed by atoms with Crippen LogP contribution < -0.4 is 0 Å². The molecule has 3 aromatic heterocycles. The maximum absolute atomic E-state index is 12.9. The van der Waals surface area contributed by atoms with E-state index in [9.17, 15) is 4.39 Å². The second-order valence-corrected chi connectivity index (χ2v) is 4.34. The molecule has 0 fully saturated rings. The summed E-state index contributed by atoms with van der Waals surface area (Å²) in [5.41, 5.74) is 4.53. The van der Waals surface area contributed by atoms with Gasteiger partial charge in [0, 0.05) is 11.9 Å². The quantitative estimate of drug-likeness (QED) is 0.655. The maximum atomic E-state index is 12.9. The van der Waals surface area contributed by atoms with E-state index in [1.165, 1.54) is 17.8 Å². The lowest BCUT2D eigenvalue weighted by atomic mass is 10.2. The molecular weight excluding hydrogens is 229 g/mol. The minimum Gasteiger partial charge on any atom is -0.303 e. The van der Waals surface area contributed by atoms with Crippen LogP contribution in [-0.2, 0) is 0 Å². The third-order valence-corrected chi connectivity index (χ3v) is 2.98. The van der Waals surface area contributed by atoms with Crippen LogP contribution in [0.5, 0.6) is 0 Å². The molecule has 0 saturated heterocycles. The zero-order valence-electron chi connectivity index (χ0n) is 10.2. The molecule has 18 heavy (non-hydrogen) atoms. The van der Waals surface area contributed by atoms with Crippen LogP contribution in [0.2, 0.25) is 0 Å². The Morgan fingerprint density at radius 1 is 1.11 bits per heavy atom. The predicted molar refractivity (Wildman–Crippen MR) is 67.9 cm³/mol. The molecule has 0 aliphatic rings. The van der Waals surface area contributed by atoms with Gasteiger partial charge in [0.05, 0.1) is 11.9 Å². The Labute approximate surface area is 104 Å². The number of fused-ring (bicyclic) bond motifs is 1. The molecule has 0 unspecified atom stereocenters. The summed E-state index contributed by atoms with van der Waals surface area (Å²) in [4.78, 5) is 8.61. The average Bonchev–Trinajstić information content (AvgIpc) is 2.68. The number of imidazole rings is 1. The van der Waals surface area contributed by atoms with Crippen molar-refractivity contribution in [1.82, 2.24) is 14.4 Å². The predicted octanol–water partition coefficient (Wildman–Crippen LogP) is 3.15. The highest BCUT2D eigenvalue weighted by Crippen LogP contribution is 2.22. The first kappa shape index (κ1) is 10.9. The van der Waals surface area contributed by atoms with Crippen molar-refractivity contribution in [2.45, 2.75) is 13.8 Å². The minimum absolute atomic E-state index is 0.337. The van der Waals surface area contributed by atoms with Gasteiger partial charge in [0.15, 0.2) is 0 Å². The molecular formula is C14H12FN3. The second-order valence-electron chi connectivity index (χ2n) is 4.34. The van der Waals surface area contributed by atoms with Crippen molar-refractivity contribution in [1.29, 1.82) is 0 Å². The van der Waals surface area contributed by atoms with Crippen LogP contribution in [0.25, 0.3) is 17.0 Å². The number of aryl methyl sites for hydroxylation is 2. The molecule has 3 aromatic rings. The summed E-state index contributed by atoms with van der Waals surface area (Å²) in [5, 5.41) is 0. The molecule has 0 amide bonds. The summed E-state index contributed by atoms with van der Waals surface area (Å²) in [6, 6.07) is 7.03. The molecule has 0 N–H and O–H groups in total. The Hall–Kier alpha value is -2.23. The van der Waals surface area contributed by atoms with Gasteiger partial charge in [0.2, 0.25) is 0 Å². The van der Waals surface area contributed by atoms with Gasteiger partial charge in [-0.3, -0.25) is 4.98 Å². The number of nitrogens with zero attached hydrogens (tertiary/aromatic N) is 3. The maximum Gasteiger partial charge on any atom is 0.141 e. The van der Waals surface area contributed by atoms with Gasteiger partial charge in [-0.25, -0.2) is 9.37 Å². The summed E-state index contributed by atoms with van der Waals surface area (Å²) >= 11 is 0. The van der Waals surface area contributed by atoms with Crippen molar-refractivity contribution in [3.63, 3.8) is 0 Å². The first-order chi connectivity index (χ1) is 8.65. The lowest BCUT2D eigenvalue weighted by Gasteiger charge is -1.99. The smallest absolute Gasteiger partial charge is 0.141 e. The standard InChI is InChI=1S/C14H12FN3/c1-9-3-6-13-17-14(10(2)18(13)8-9)12-5-4-11(15)7-16-12/h3-8H,1-2H3. The summed E-state index contributed by atoms with van der Waals surface area (Å²) in [5.74, 6) is -0.337. The van der Waals surface area contributed by atoms with Gasteiger partial charge in [0.1, 0.15) is 17.2 Å². The van der Waals surface area contributed by atoms with E-state index < -0.39 is 0 Å². The Balaban J connectivity index is 2.23. The number of aromatic nitrogens is 3. The monoisotopic (exact) mass is 241 g/mol. The SMILES string of the molecule is Cc1ccc2nc(-c3ccc(F)cn3)c(C)n2c1. The first-order valence-corrected chi connectivity index (χ1v) is 5.72. The van der Waals surface area contributed by atoms with E-state index in [0.29, 0.717) is 5.69 Å². The molecule has 3 heterocycles. The van der Waals surface area contributed by atoms with Crippen molar-refractivity contribution >= 4 is 5.65 Å². The Morgan fingerprint density at radius 2 is 1.94 bits per heavy atom. The molecule has 4 heteroatoms. The molecule has 0 aliphatic carbocycles. The van der Waals surface area contributed by atoms with E-state index in [4.69, 9.17) is 0 Å². The molecule has 3 nitrogen and oxygen atoms in total. The largest absolute Gasteiger partial charge is 0.303 e. The normalized spacial score (nSPS) is 11.1. The Bertz CT molecular complexity index is 714. The molecule has 0 spiro atoms. The van der Waals surface area contributed by atoms with Gasteiger partial charge in [-0.05, 0) is 37.6 Å². The summed E-state index contributed by atoms with van der Waals surface area (Å²) in [7, 11) is 0. The fourth-order valence-corrected chi connectivity index (χ4v) is 2.03. The molecule has 0 saturated carbocycles. The van der Waals surface area contributed by atoms with Crippen LogP contribution >= 0.6 is 0 Å². The van der Waals surface area contributed by atoms with E-state index in [1.54, 1.807) is 6.07 Å². The van der Waals surface area contributed by atoms with Crippen LogP contribution in [-0.4, -0.2) is 14.4 Å². The highest BCUT2D eigenvalue weighted by Gasteiger charge is 2.11. The van der Waals surface area contributed by atoms with E-state index in [1.807, 2.05) is 36.6 Å². The molecule has 0 atom stereocenters. The van der Waals surface area contributed by atoms with Gasteiger partial charge in [-0.15, -0.1) is 0 Å². The molecule has 0 bridgehead atoms. The van der Waals surface area contributed by atoms with Gasteiger partial charge < -0.3 is 4.40 Å². The fourth-order valence-electron chi connectivity index (χ4n) is 2.03. The van der Waals surface area contributed by atoms with E-state index in [-0.39, 0.29) is 5.82 Å². The molecule has 0 aliphatic heterocycles. The highest BCUT2D eigenvalue weighted by atomic mass is 19.1. The Morgan fingerprint density at radius 3 is 2.67 bits per heavy atom. The average molecular weight is 241 g/mol. The number of pyridine rings is 2. The second kappa shape index (κ2) is 3.91. The number of hydrogen-bond acceptors (Lipinski definition) is 2. The summed E-state index contributed by atoms with van der Waals surface area (Å²) < 4.78 is 14.9. The van der Waals surface area contributed by atoms with Crippen molar-refractivity contribution in [3.8, 4) is 11.4 Å². The van der Waals surface area contributed by atoms with Crippen LogP contribution in [0.15, 0.2) is 36.7 Å². The molecule has 0 aromatic carbocycles. The molecule has 0 radical (unpaired) electrons. The number of rotatable bonds is 1. The van der Waals surface area contributed by atoms with Gasteiger partial charge in [-0.2, -0.15) is 0 Å². The Kier molecular flexibility index (Phi) is 2.37. The van der Waals surface area contributed by atoms with E-state index >= 15 is 0 Å². The van der Waals surface area contributed by atoms with Crippen molar-refractivity contribution in [3.05, 3.63) is 53.7 Å². The zero-order valence-corrected chi connectivity index (χ0v) is 10.2. The molecule has 3 rings (SSSR count).